The fourth-order valence-electron chi connectivity index (χ4n) is 1.96. The van der Waals surface area contributed by atoms with Crippen molar-refractivity contribution < 1.29 is 20.4 Å². The Morgan fingerprint density at radius 2 is 1.57 bits per heavy atom. The van der Waals surface area contributed by atoms with Crippen LogP contribution in [-0.4, -0.2) is 12.8 Å². The van der Waals surface area contributed by atoms with Crippen LogP contribution in [0, 0.1) is 11.8 Å². The first-order valence-corrected chi connectivity index (χ1v) is 7.11. The van der Waals surface area contributed by atoms with Crippen molar-refractivity contribution >= 4 is 23.2 Å². The first kappa shape index (κ1) is 14.8. The molecule has 0 aromatic rings. The van der Waals surface area contributed by atoms with E-state index >= 15 is 0 Å². The zero-order valence-corrected chi connectivity index (χ0v) is 11.8. The first-order valence-electron chi connectivity index (χ1n) is 4.69. The van der Waals surface area contributed by atoms with Gasteiger partial charge >= 0.3 is 73.6 Å². The predicted octanol–water partition coefficient (Wildman–Crippen LogP) is 4.18. The fraction of sp³-hybridized carbons (Fsp3) is 0.636. The summed E-state index contributed by atoms with van der Waals surface area (Å²) in [5, 5.41) is 0. The zero-order valence-electron chi connectivity index (χ0n) is 8.71. The van der Waals surface area contributed by atoms with Crippen molar-refractivity contribution in [3.05, 3.63) is 24.3 Å². The molecule has 0 N–H and O–H groups in total. The van der Waals surface area contributed by atoms with E-state index in [1.54, 1.807) is 0 Å². The summed E-state index contributed by atoms with van der Waals surface area (Å²) in [6.07, 6.45) is 14.9. The molecule has 3 atom stereocenters. The molecule has 0 aromatic heterocycles. The van der Waals surface area contributed by atoms with E-state index in [9.17, 15) is 0 Å². The number of rotatable bonds is 0. The molecule has 3 heteroatoms. The average Bonchev–Trinajstić information content (AvgIpc) is 2.67. The number of hydrogen-bond donors (Lipinski definition) is 0. The van der Waals surface area contributed by atoms with Gasteiger partial charge in [-0.15, -0.1) is 23.2 Å². The second-order valence-electron chi connectivity index (χ2n) is 3.19. The Bertz CT molecular complexity index is 190. The average molecular weight is 268 g/mol. The van der Waals surface area contributed by atoms with E-state index in [-0.39, 0.29) is 0 Å². The minimum absolute atomic E-state index is 0.866. The SMILES string of the molecule is CCl.CCl.[Ti][CH]1CCC2C=CC=CC12. The normalized spacial score (nSPS) is 32.1. The third kappa shape index (κ3) is 4.10. The van der Waals surface area contributed by atoms with Crippen LogP contribution in [0.1, 0.15) is 12.8 Å². The maximum atomic E-state index is 4.64. The van der Waals surface area contributed by atoms with Crippen LogP contribution in [-0.2, 0) is 20.4 Å². The Hall–Kier alpha value is 0.774. The Kier molecular flexibility index (Phi) is 9.53. The van der Waals surface area contributed by atoms with Crippen molar-refractivity contribution in [3.63, 3.8) is 0 Å². The number of fused-ring (bicyclic) bond motifs is 1. The zero-order chi connectivity index (χ0) is 11.0. The van der Waals surface area contributed by atoms with Gasteiger partial charge in [0.05, 0.1) is 0 Å². The van der Waals surface area contributed by atoms with Crippen molar-refractivity contribution in [2.45, 2.75) is 17.1 Å². The monoisotopic (exact) mass is 267 g/mol. The Labute approximate surface area is 109 Å². The second kappa shape index (κ2) is 9.03. The topological polar surface area (TPSA) is 0 Å². The van der Waals surface area contributed by atoms with Crippen molar-refractivity contribution in [3.8, 4) is 0 Å². The molecule has 0 nitrogen and oxygen atoms in total. The van der Waals surface area contributed by atoms with Crippen LogP contribution in [0.5, 0.6) is 0 Å². The van der Waals surface area contributed by atoms with Crippen molar-refractivity contribution in [2.75, 3.05) is 12.8 Å². The van der Waals surface area contributed by atoms with E-state index in [0.717, 1.165) is 16.1 Å². The molecule has 0 spiro atoms. The van der Waals surface area contributed by atoms with Gasteiger partial charge in [-0.2, -0.15) is 0 Å². The van der Waals surface area contributed by atoms with Gasteiger partial charge in [0, 0.05) is 12.8 Å². The standard InChI is InChI=1S/C9H11.2CH3Cl.Ti/c1-2-5-9-7-3-6-8(9)4-1;2*1-2;/h1-2,4-6,8-9H,3,7H2;2*1H3;. The van der Waals surface area contributed by atoms with Crippen LogP contribution in [0.3, 0.4) is 0 Å². The molecule has 0 radical (unpaired) electrons. The van der Waals surface area contributed by atoms with E-state index in [1.165, 1.54) is 25.6 Å². The van der Waals surface area contributed by atoms with E-state index in [4.69, 9.17) is 0 Å². The summed E-state index contributed by atoms with van der Waals surface area (Å²) in [4.78, 5) is 0. The summed E-state index contributed by atoms with van der Waals surface area (Å²) in [6, 6.07) is 0. The van der Waals surface area contributed by atoms with Gasteiger partial charge in [-0.05, 0) is 0 Å². The molecular weight excluding hydrogens is 251 g/mol. The summed E-state index contributed by atoms with van der Waals surface area (Å²) >= 11 is 11.6. The van der Waals surface area contributed by atoms with Gasteiger partial charge in [0.15, 0.2) is 0 Å². The molecular formula is C11H17Cl2Ti. The van der Waals surface area contributed by atoms with Crippen molar-refractivity contribution in [2.24, 2.45) is 11.8 Å². The Morgan fingerprint density at radius 3 is 2.14 bits per heavy atom. The van der Waals surface area contributed by atoms with Crippen LogP contribution in [0.2, 0.25) is 4.22 Å². The molecule has 2 rings (SSSR count). The molecule has 2 aliphatic carbocycles. The van der Waals surface area contributed by atoms with E-state index in [1.807, 2.05) is 0 Å². The van der Waals surface area contributed by atoms with Gasteiger partial charge in [-0.25, -0.2) is 0 Å². The molecule has 0 saturated heterocycles. The van der Waals surface area contributed by atoms with Gasteiger partial charge in [-0.3, -0.25) is 0 Å². The van der Waals surface area contributed by atoms with Gasteiger partial charge in [0.2, 0.25) is 0 Å². The van der Waals surface area contributed by atoms with E-state index in [2.05, 4.69) is 67.9 Å². The summed E-state index contributed by atoms with van der Waals surface area (Å²) in [6.45, 7) is 0. The van der Waals surface area contributed by atoms with Crippen molar-refractivity contribution in [1.29, 1.82) is 0 Å². The number of allylic oxidation sites excluding steroid dienone is 4. The Balaban J connectivity index is 0.000000379. The third-order valence-electron chi connectivity index (χ3n) is 2.57. The third-order valence-corrected chi connectivity index (χ3v) is 3.62. The quantitative estimate of drug-likeness (QED) is 0.456. The summed E-state index contributed by atoms with van der Waals surface area (Å²) in [7, 11) is 0. The summed E-state index contributed by atoms with van der Waals surface area (Å²) in [5.74, 6) is 1.74. The molecule has 79 valence electrons. The van der Waals surface area contributed by atoms with Crippen LogP contribution >= 0.6 is 23.2 Å². The van der Waals surface area contributed by atoms with Crippen molar-refractivity contribution in [1.82, 2.24) is 0 Å². The van der Waals surface area contributed by atoms with E-state index < -0.39 is 0 Å². The molecule has 14 heavy (non-hydrogen) atoms. The van der Waals surface area contributed by atoms with Crippen LogP contribution in [0.4, 0.5) is 0 Å². The molecule has 3 unspecified atom stereocenters. The predicted molar refractivity (Wildman–Crippen MR) is 61.8 cm³/mol. The minimum atomic E-state index is 0.866. The molecule has 0 aliphatic heterocycles. The Morgan fingerprint density at radius 1 is 1.00 bits per heavy atom. The molecule has 1 fully saturated rings. The van der Waals surface area contributed by atoms with Gasteiger partial charge in [0.1, 0.15) is 0 Å². The maximum absolute atomic E-state index is 4.64. The fourth-order valence-corrected chi connectivity index (χ4v) is 2.78. The number of halogens is 2. The van der Waals surface area contributed by atoms with Crippen LogP contribution in [0.15, 0.2) is 24.3 Å². The molecule has 1 saturated carbocycles. The van der Waals surface area contributed by atoms with Crippen LogP contribution < -0.4 is 0 Å². The summed E-state index contributed by atoms with van der Waals surface area (Å²) < 4.78 is 0.922. The van der Waals surface area contributed by atoms with Gasteiger partial charge in [-0.1, -0.05) is 0 Å². The van der Waals surface area contributed by atoms with Gasteiger partial charge < -0.3 is 0 Å². The second-order valence-corrected chi connectivity index (χ2v) is 4.35. The number of alkyl halides is 2. The first-order chi connectivity index (χ1) is 6.88. The summed E-state index contributed by atoms with van der Waals surface area (Å²) in [5.41, 5.74) is 0. The van der Waals surface area contributed by atoms with Gasteiger partial charge in [0.25, 0.3) is 0 Å². The molecule has 0 aromatic carbocycles. The molecule has 0 heterocycles. The number of hydrogen-bond acceptors (Lipinski definition) is 0. The molecule has 0 amide bonds. The van der Waals surface area contributed by atoms with E-state index in [0.29, 0.717) is 0 Å². The van der Waals surface area contributed by atoms with Crippen LogP contribution in [0.25, 0.3) is 0 Å². The molecule has 2 aliphatic rings. The molecule has 0 bridgehead atoms.